The van der Waals surface area contributed by atoms with Gasteiger partial charge in [0.25, 0.3) is 5.91 Å². The summed E-state index contributed by atoms with van der Waals surface area (Å²) < 4.78 is 51.3. The molecular formula is C17H15F4N3O2. The first kappa shape index (κ1) is 19.4. The van der Waals surface area contributed by atoms with E-state index >= 15 is 0 Å². The van der Waals surface area contributed by atoms with Gasteiger partial charge in [-0.2, -0.15) is 13.2 Å². The van der Waals surface area contributed by atoms with Crippen LogP contribution in [0.3, 0.4) is 0 Å². The van der Waals surface area contributed by atoms with Crippen molar-refractivity contribution in [3.8, 4) is 0 Å². The van der Waals surface area contributed by atoms with Crippen molar-refractivity contribution in [2.24, 2.45) is 0 Å². The monoisotopic (exact) mass is 369 g/mol. The SMILES string of the molecule is CC(C)c1ncccc1NC(=O)NC(=O)c1ccc(C(F)(F)F)cc1F. The molecule has 0 unspecified atom stereocenters. The summed E-state index contributed by atoms with van der Waals surface area (Å²) in [5.41, 5.74) is -0.965. The molecular weight excluding hydrogens is 354 g/mol. The van der Waals surface area contributed by atoms with Gasteiger partial charge in [0, 0.05) is 6.20 Å². The van der Waals surface area contributed by atoms with Gasteiger partial charge >= 0.3 is 12.2 Å². The fourth-order valence-electron chi connectivity index (χ4n) is 2.18. The van der Waals surface area contributed by atoms with Crippen molar-refractivity contribution >= 4 is 17.6 Å². The van der Waals surface area contributed by atoms with E-state index in [1.165, 1.54) is 0 Å². The lowest BCUT2D eigenvalue weighted by molar-refractivity contribution is -0.137. The number of carbonyl (C=O) groups is 2. The third kappa shape index (κ3) is 4.56. The van der Waals surface area contributed by atoms with Crippen LogP contribution in [-0.4, -0.2) is 16.9 Å². The zero-order valence-corrected chi connectivity index (χ0v) is 13.8. The molecule has 26 heavy (non-hydrogen) atoms. The lowest BCUT2D eigenvalue weighted by atomic mass is 10.1. The second-order valence-electron chi connectivity index (χ2n) is 5.69. The molecule has 5 nitrogen and oxygen atoms in total. The van der Waals surface area contributed by atoms with Gasteiger partial charge in [-0.25, -0.2) is 9.18 Å². The van der Waals surface area contributed by atoms with Crippen molar-refractivity contribution in [1.82, 2.24) is 10.3 Å². The Bertz CT molecular complexity index is 835. The quantitative estimate of drug-likeness (QED) is 0.792. The van der Waals surface area contributed by atoms with Crippen molar-refractivity contribution in [3.05, 3.63) is 59.2 Å². The summed E-state index contributed by atoms with van der Waals surface area (Å²) in [6.45, 7) is 3.71. The summed E-state index contributed by atoms with van der Waals surface area (Å²) in [7, 11) is 0. The molecule has 1 heterocycles. The summed E-state index contributed by atoms with van der Waals surface area (Å²) in [6, 6.07) is 3.64. The average molecular weight is 369 g/mol. The molecule has 1 aromatic heterocycles. The summed E-state index contributed by atoms with van der Waals surface area (Å²) in [6.07, 6.45) is -3.19. The van der Waals surface area contributed by atoms with E-state index in [2.05, 4.69) is 10.3 Å². The highest BCUT2D eigenvalue weighted by Gasteiger charge is 2.31. The van der Waals surface area contributed by atoms with Crippen LogP contribution in [0, 0.1) is 5.82 Å². The van der Waals surface area contributed by atoms with Gasteiger partial charge in [-0.05, 0) is 36.2 Å². The summed E-state index contributed by atoms with van der Waals surface area (Å²) in [5, 5.41) is 4.28. The van der Waals surface area contributed by atoms with Crippen LogP contribution in [0.4, 0.5) is 28.0 Å². The molecule has 2 aromatic rings. The van der Waals surface area contributed by atoms with E-state index in [4.69, 9.17) is 0 Å². The molecule has 1 aromatic carbocycles. The van der Waals surface area contributed by atoms with Crippen LogP contribution < -0.4 is 10.6 Å². The standard InChI is InChI=1S/C17H15F4N3O2/c1-9(2)14-13(4-3-7-22-14)23-16(26)24-15(25)11-6-5-10(8-12(11)18)17(19,20)21/h3-9H,1-2H3,(H2,23,24,25,26). The Hall–Kier alpha value is -2.97. The number of halogens is 4. The van der Waals surface area contributed by atoms with Gasteiger partial charge in [-0.15, -0.1) is 0 Å². The molecule has 0 aliphatic heterocycles. The Labute approximate surface area is 146 Å². The Morgan fingerprint density at radius 1 is 1.15 bits per heavy atom. The number of aromatic nitrogens is 1. The highest BCUT2D eigenvalue weighted by molar-refractivity contribution is 6.08. The second kappa shape index (κ2) is 7.51. The number of rotatable bonds is 3. The van der Waals surface area contributed by atoms with Gasteiger partial charge < -0.3 is 5.32 Å². The smallest absolute Gasteiger partial charge is 0.306 e. The van der Waals surface area contributed by atoms with E-state index in [1.807, 2.05) is 19.2 Å². The van der Waals surface area contributed by atoms with Crippen molar-refractivity contribution < 1.29 is 27.2 Å². The van der Waals surface area contributed by atoms with E-state index in [-0.39, 0.29) is 12.0 Å². The molecule has 0 saturated heterocycles. The molecule has 0 bridgehead atoms. The van der Waals surface area contributed by atoms with E-state index in [9.17, 15) is 27.2 Å². The summed E-state index contributed by atoms with van der Waals surface area (Å²) >= 11 is 0. The molecule has 138 valence electrons. The third-order valence-electron chi connectivity index (χ3n) is 3.40. The van der Waals surface area contributed by atoms with Crippen LogP contribution >= 0.6 is 0 Å². The first-order valence-electron chi connectivity index (χ1n) is 7.53. The Morgan fingerprint density at radius 2 is 1.85 bits per heavy atom. The molecule has 0 fully saturated rings. The number of pyridine rings is 1. The van der Waals surface area contributed by atoms with Gasteiger partial charge in [0.05, 0.1) is 22.5 Å². The van der Waals surface area contributed by atoms with Crippen LogP contribution in [-0.2, 0) is 6.18 Å². The molecule has 2 N–H and O–H groups in total. The van der Waals surface area contributed by atoms with Crippen LogP contribution in [0.15, 0.2) is 36.5 Å². The van der Waals surface area contributed by atoms with Gasteiger partial charge in [0.1, 0.15) is 5.82 Å². The molecule has 0 atom stereocenters. The average Bonchev–Trinajstić information content (AvgIpc) is 2.53. The van der Waals surface area contributed by atoms with Gasteiger partial charge in [-0.1, -0.05) is 13.8 Å². The maximum atomic E-state index is 13.8. The highest BCUT2D eigenvalue weighted by Crippen LogP contribution is 2.30. The van der Waals surface area contributed by atoms with Gasteiger partial charge in [-0.3, -0.25) is 15.1 Å². The minimum absolute atomic E-state index is 0.00504. The van der Waals surface area contributed by atoms with Crippen LogP contribution in [0.1, 0.15) is 41.4 Å². The van der Waals surface area contributed by atoms with Crippen LogP contribution in [0.2, 0.25) is 0 Å². The minimum Gasteiger partial charge on any atom is -0.306 e. The number of urea groups is 1. The summed E-state index contributed by atoms with van der Waals surface area (Å²) in [4.78, 5) is 28.0. The first-order valence-corrected chi connectivity index (χ1v) is 7.53. The van der Waals surface area contributed by atoms with E-state index in [0.29, 0.717) is 23.5 Å². The van der Waals surface area contributed by atoms with Crippen LogP contribution in [0.25, 0.3) is 0 Å². The number of nitrogens with zero attached hydrogens (tertiary/aromatic N) is 1. The molecule has 3 amide bonds. The van der Waals surface area contributed by atoms with Gasteiger partial charge in [0.2, 0.25) is 0 Å². The number of imide groups is 1. The lowest BCUT2D eigenvalue weighted by Gasteiger charge is -2.13. The second-order valence-corrected chi connectivity index (χ2v) is 5.69. The highest BCUT2D eigenvalue weighted by atomic mass is 19.4. The molecule has 9 heteroatoms. The van der Waals surface area contributed by atoms with E-state index < -0.39 is 35.1 Å². The maximum absolute atomic E-state index is 13.8. The zero-order chi connectivity index (χ0) is 19.5. The third-order valence-corrected chi connectivity index (χ3v) is 3.40. The van der Waals surface area contributed by atoms with E-state index in [1.54, 1.807) is 18.3 Å². The van der Waals surface area contributed by atoms with E-state index in [0.717, 1.165) is 0 Å². The fraction of sp³-hybridized carbons (Fsp3) is 0.235. The molecule has 0 aliphatic carbocycles. The number of carbonyl (C=O) groups excluding carboxylic acids is 2. The topological polar surface area (TPSA) is 71.1 Å². The van der Waals surface area contributed by atoms with Crippen molar-refractivity contribution in [2.75, 3.05) is 5.32 Å². The summed E-state index contributed by atoms with van der Waals surface area (Å²) in [5.74, 6) is -2.55. The predicted octanol–water partition coefficient (Wildman–Crippen LogP) is 4.32. The minimum atomic E-state index is -4.74. The zero-order valence-electron chi connectivity index (χ0n) is 13.8. The van der Waals surface area contributed by atoms with Crippen molar-refractivity contribution in [3.63, 3.8) is 0 Å². The lowest BCUT2D eigenvalue weighted by Crippen LogP contribution is -2.35. The molecule has 0 aliphatic rings. The Morgan fingerprint density at radius 3 is 2.42 bits per heavy atom. The van der Waals surface area contributed by atoms with Gasteiger partial charge in [0.15, 0.2) is 0 Å². The normalized spacial score (nSPS) is 11.3. The number of hydrogen-bond acceptors (Lipinski definition) is 3. The number of anilines is 1. The molecule has 0 saturated carbocycles. The molecule has 2 rings (SSSR count). The van der Waals surface area contributed by atoms with Crippen molar-refractivity contribution in [1.29, 1.82) is 0 Å². The predicted molar refractivity (Wildman–Crippen MR) is 86.2 cm³/mol. The first-order chi connectivity index (χ1) is 12.1. The molecule has 0 spiro atoms. The number of benzene rings is 1. The number of alkyl halides is 3. The fourth-order valence-corrected chi connectivity index (χ4v) is 2.18. The largest absolute Gasteiger partial charge is 0.416 e. The van der Waals surface area contributed by atoms with Crippen molar-refractivity contribution in [2.45, 2.75) is 25.9 Å². The molecule has 0 radical (unpaired) electrons. The number of nitrogens with one attached hydrogen (secondary N) is 2. The Balaban J connectivity index is 2.12. The Kier molecular flexibility index (Phi) is 5.59. The number of hydrogen-bond donors (Lipinski definition) is 2. The maximum Gasteiger partial charge on any atom is 0.416 e. The number of amides is 3. The van der Waals surface area contributed by atoms with Crippen LogP contribution in [0.5, 0.6) is 0 Å².